The smallest absolute Gasteiger partial charge is 0.408 e. The molecule has 0 aromatic heterocycles. The number of nitrogens with one attached hydrogen (secondary N) is 1. The number of nitrogens with zero attached hydrogens (tertiary/aromatic N) is 2. The molecule has 1 N–H and O–H groups in total. The average Bonchev–Trinajstić information content (AvgIpc) is 3.20. The van der Waals surface area contributed by atoms with Crippen molar-refractivity contribution in [3.05, 3.63) is 107 Å². The van der Waals surface area contributed by atoms with E-state index in [9.17, 15) is 14.4 Å². The van der Waals surface area contributed by atoms with Gasteiger partial charge in [0.25, 0.3) is 11.8 Å². The number of likely N-dealkylation sites (tertiary alicyclic amines) is 1. The Morgan fingerprint density at radius 3 is 1.82 bits per heavy atom. The summed E-state index contributed by atoms with van der Waals surface area (Å²) in [6.45, 7) is 3.04. The number of carbonyl (C=O) groups is 3. The van der Waals surface area contributed by atoms with Gasteiger partial charge in [0.15, 0.2) is 0 Å². The topological polar surface area (TPSA) is 79.0 Å². The molecule has 0 bridgehead atoms. The molecule has 0 atom stereocenters. The summed E-state index contributed by atoms with van der Waals surface area (Å²) in [6, 6.07) is 26.5. The second kappa shape index (κ2) is 12.0. The molecule has 2 aliphatic heterocycles. The van der Waals surface area contributed by atoms with Crippen molar-refractivity contribution < 1.29 is 19.1 Å². The van der Waals surface area contributed by atoms with Gasteiger partial charge in [0.1, 0.15) is 6.10 Å². The van der Waals surface area contributed by atoms with Crippen LogP contribution in [0.2, 0.25) is 0 Å². The number of imide groups is 1. The molecule has 0 radical (unpaired) electrons. The van der Waals surface area contributed by atoms with Crippen molar-refractivity contribution in [1.29, 1.82) is 0 Å². The molecule has 0 aliphatic carbocycles. The van der Waals surface area contributed by atoms with Gasteiger partial charge in [-0.15, -0.1) is 0 Å². The van der Waals surface area contributed by atoms with Crippen LogP contribution in [0.15, 0.2) is 84.9 Å². The Hall–Kier alpha value is -3.97. The van der Waals surface area contributed by atoms with Gasteiger partial charge in [0.2, 0.25) is 0 Å². The first-order chi connectivity index (χ1) is 18.6. The summed E-state index contributed by atoms with van der Waals surface area (Å²) in [5, 5.41) is 3.06. The molecular formula is C31H33N3O4. The van der Waals surface area contributed by atoms with E-state index >= 15 is 0 Å². The van der Waals surface area contributed by atoms with Gasteiger partial charge in [0.05, 0.1) is 17.2 Å². The molecule has 1 fully saturated rings. The quantitative estimate of drug-likeness (QED) is 0.322. The van der Waals surface area contributed by atoms with Gasteiger partial charge in [-0.05, 0) is 55.5 Å². The predicted octanol–water partition coefficient (Wildman–Crippen LogP) is 5.04. The Labute approximate surface area is 223 Å². The van der Waals surface area contributed by atoms with E-state index in [0.717, 1.165) is 56.4 Å². The molecule has 0 saturated carbocycles. The maximum Gasteiger partial charge on any atom is 0.408 e. The van der Waals surface area contributed by atoms with Crippen LogP contribution >= 0.6 is 0 Å². The summed E-state index contributed by atoms with van der Waals surface area (Å²) in [4.78, 5) is 41.5. The molecule has 0 unspecified atom stereocenters. The van der Waals surface area contributed by atoms with Crippen molar-refractivity contribution in [2.45, 2.75) is 37.8 Å². The van der Waals surface area contributed by atoms with Gasteiger partial charge in [-0.2, -0.15) is 0 Å². The van der Waals surface area contributed by atoms with E-state index < -0.39 is 6.09 Å². The van der Waals surface area contributed by atoms with Crippen LogP contribution in [0.3, 0.4) is 0 Å². The molecule has 1 saturated heterocycles. The molecule has 3 aromatic rings. The lowest BCUT2D eigenvalue weighted by Crippen LogP contribution is -2.40. The number of carbonyl (C=O) groups excluding carboxylic acids is 3. The van der Waals surface area contributed by atoms with Crippen molar-refractivity contribution in [3.8, 4) is 0 Å². The number of ether oxygens (including phenoxy) is 1. The number of rotatable bonds is 9. The molecule has 3 aromatic carbocycles. The number of benzene rings is 3. The summed E-state index contributed by atoms with van der Waals surface area (Å²) in [5.74, 6) is -0.382. The van der Waals surface area contributed by atoms with E-state index in [1.165, 1.54) is 4.90 Å². The fourth-order valence-electron chi connectivity index (χ4n) is 5.25. The fourth-order valence-corrected chi connectivity index (χ4v) is 5.25. The van der Waals surface area contributed by atoms with E-state index in [2.05, 4.69) is 10.2 Å². The number of hydrogen-bond acceptors (Lipinski definition) is 5. The number of fused-ring (bicyclic) bond motifs is 1. The number of amides is 3. The van der Waals surface area contributed by atoms with Crippen molar-refractivity contribution in [2.75, 3.05) is 26.2 Å². The number of piperidine rings is 1. The van der Waals surface area contributed by atoms with Crippen LogP contribution in [0.25, 0.3) is 0 Å². The highest BCUT2D eigenvalue weighted by Crippen LogP contribution is 2.24. The number of unbranched alkanes of at least 4 members (excludes halogenated alkanes) is 1. The molecule has 7 nitrogen and oxygen atoms in total. The number of hydrogen-bond donors (Lipinski definition) is 1. The van der Waals surface area contributed by atoms with Crippen LogP contribution in [-0.4, -0.2) is 60.0 Å². The average molecular weight is 512 g/mol. The van der Waals surface area contributed by atoms with Gasteiger partial charge < -0.3 is 15.0 Å². The zero-order chi connectivity index (χ0) is 26.3. The standard InChI is InChI=1S/C31H33N3O4/c35-29-26-15-7-8-16-27(26)30(36)34(29)20-10-9-19-33-21-17-25(18-22-33)38-31(37)32-28(23-11-3-1-4-12-23)24-13-5-2-6-14-24/h1-8,11-16,25,28H,9-10,17-22H2,(H,32,37). The minimum absolute atomic E-state index is 0.114. The normalized spacial score (nSPS) is 16.1. The van der Waals surface area contributed by atoms with Crippen molar-refractivity contribution >= 4 is 17.9 Å². The van der Waals surface area contributed by atoms with Gasteiger partial charge >= 0.3 is 6.09 Å². The minimum atomic E-state index is -0.401. The lowest BCUT2D eigenvalue weighted by atomic mass is 9.99. The van der Waals surface area contributed by atoms with Crippen LogP contribution in [0, 0.1) is 0 Å². The van der Waals surface area contributed by atoms with E-state index in [0.29, 0.717) is 17.7 Å². The summed E-state index contributed by atoms with van der Waals surface area (Å²) >= 11 is 0. The highest BCUT2D eigenvalue weighted by atomic mass is 16.6. The van der Waals surface area contributed by atoms with Crippen LogP contribution in [0.1, 0.15) is 63.6 Å². The highest BCUT2D eigenvalue weighted by molar-refractivity contribution is 6.21. The van der Waals surface area contributed by atoms with Crippen molar-refractivity contribution in [3.63, 3.8) is 0 Å². The van der Waals surface area contributed by atoms with E-state index in [-0.39, 0.29) is 24.0 Å². The minimum Gasteiger partial charge on any atom is -0.446 e. The van der Waals surface area contributed by atoms with Crippen molar-refractivity contribution in [2.24, 2.45) is 0 Å². The van der Waals surface area contributed by atoms with Crippen LogP contribution < -0.4 is 5.32 Å². The molecule has 2 heterocycles. The first-order valence-electron chi connectivity index (χ1n) is 13.3. The lowest BCUT2D eigenvalue weighted by Gasteiger charge is -2.32. The first kappa shape index (κ1) is 25.7. The van der Waals surface area contributed by atoms with Gasteiger partial charge in [0, 0.05) is 19.6 Å². The monoisotopic (exact) mass is 511 g/mol. The summed E-state index contributed by atoms with van der Waals surface area (Å²) in [7, 11) is 0. The Morgan fingerprint density at radius 2 is 1.26 bits per heavy atom. The van der Waals surface area contributed by atoms with Gasteiger partial charge in [-0.1, -0.05) is 72.8 Å². The Balaban J connectivity index is 1.04. The largest absolute Gasteiger partial charge is 0.446 e. The third kappa shape index (κ3) is 5.94. The van der Waals surface area contributed by atoms with Crippen LogP contribution in [0.4, 0.5) is 4.79 Å². The van der Waals surface area contributed by atoms with Gasteiger partial charge in [-0.3, -0.25) is 14.5 Å². The van der Waals surface area contributed by atoms with E-state index in [1.807, 2.05) is 60.7 Å². The molecule has 2 aliphatic rings. The van der Waals surface area contributed by atoms with E-state index in [4.69, 9.17) is 4.74 Å². The maximum absolute atomic E-state index is 12.8. The van der Waals surface area contributed by atoms with E-state index in [1.54, 1.807) is 24.3 Å². The summed E-state index contributed by atoms with van der Waals surface area (Å²) < 4.78 is 5.80. The predicted molar refractivity (Wildman–Crippen MR) is 145 cm³/mol. The van der Waals surface area contributed by atoms with Gasteiger partial charge in [-0.25, -0.2) is 4.79 Å². The third-order valence-corrected chi connectivity index (χ3v) is 7.32. The molecule has 7 heteroatoms. The highest BCUT2D eigenvalue weighted by Gasteiger charge is 2.34. The molecule has 3 amide bonds. The molecule has 0 spiro atoms. The van der Waals surface area contributed by atoms with Crippen LogP contribution in [0.5, 0.6) is 0 Å². The summed E-state index contributed by atoms with van der Waals surface area (Å²) in [5.41, 5.74) is 3.02. The zero-order valence-electron chi connectivity index (χ0n) is 21.4. The first-order valence-corrected chi connectivity index (χ1v) is 13.3. The lowest BCUT2D eigenvalue weighted by molar-refractivity contribution is 0.0485. The maximum atomic E-state index is 12.8. The SMILES string of the molecule is O=C(NC(c1ccccc1)c1ccccc1)OC1CCN(CCCCN2C(=O)c3ccccc3C2=O)CC1. The Kier molecular flexibility index (Phi) is 8.14. The molecule has 5 rings (SSSR count). The molecular weight excluding hydrogens is 478 g/mol. The fraction of sp³-hybridized carbons (Fsp3) is 0.323. The second-order valence-electron chi connectivity index (χ2n) is 9.86. The molecule has 38 heavy (non-hydrogen) atoms. The summed E-state index contributed by atoms with van der Waals surface area (Å²) in [6.07, 6.45) is 2.72. The zero-order valence-corrected chi connectivity index (χ0v) is 21.4. The molecule has 196 valence electrons. The Bertz CT molecular complexity index is 1180. The number of alkyl carbamates (subject to hydrolysis) is 1. The van der Waals surface area contributed by atoms with Crippen LogP contribution in [-0.2, 0) is 4.74 Å². The van der Waals surface area contributed by atoms with Crippen molar-refractivity contribution in [1.82, 2.24) is 15.1 Å². The third-order valence-electron chi connectivity index (χ3n) is 7.32. The second-order valence-corrected chi connectivity index (χ2v) is 9.86. The Morgan fingerprint density at radius 1 is 0.763 bits per heavy atom.